The summed E-state index contributed by atoms with van der Waals surface area (Å²) in [6.45, 7) is 2.53. The number of benzene rings is 2. The smallest absolute Gasteiger partial charge is 0.266 e. The van der Waals surface area contributed by atoms with E-state index in [4.69, 9.17) is 4.74 Å². The predicted molar refractivity (Wildman–Crippen MR) is 91.8 cm³/mol. The minimum absolute atomic E-state index is 0.0164. The molecule has 1 atom stereocenters. The number of anilines is 1. The molecule has 0 aromatic heterocycles. The molecule has 5 nitrogen and oxygen atoms in total. The summed E-state index contributed by atoms with van der Waals surface area (Å²) in [5.74, 6) is 0.181. The van der Waals surface area contributed by atoms with E-state index in [1.807, 2.05) is 43.3 Å². The van der Waals surface area contributed by atoms with E-state index in [0.717, 1.165) is 11.1 Å². The van der Waals surface area contributed by atoms with E-state index in [1.165, 1.54) is 0 Å². The second-order valence-corrected chi connectivity index (χ2v) is 5.97. The number of carbonyl (C=O) groups excluding carboxylic acids is 2. The third-order valence-corrected chi connectivity index (χ3v) is 4.16. The summed E-state index contributed by atoms with van der Waals surface area (Å²) >= 11 is 0. The highest BCUT2D eigenvalue weighted by atomic mass is 16.5. The van der Waals surface area contributed by atoms with Gasteiger partial charge >= 0.3 is 0 Å². The number of amides is 2. The Hall–Kier alpha value is -2.82. The first-order valence-electron chi connectivity index (χ1n) is 7.89. The lowest BCUT2D eigenvalue weighted by Crippen LogP contribution is -2.41. The Morgan fingerprint density at radius 3 is 2.67 bits per heavy atom. The molecule has 24 heavy (non-hydrogen) atoms. The number of carbonyl (C=O) groups is 2. The zero-order valence-electron chi connectivity index (χ0n) is 13.8. The van der Waals surface area contributed by atoms with Gasteiger partial charge in [0.15, 0.2) is 6.10 Å². The van der Waals surface area contributed by atoms with E-state index in [-0.39, 0.29) is 18.2 Å². The van der Waals surface area contributed by atoms with Crippen LogP contribution in [0.3, 0.4) is 0 Å². The van der Waals surface area contributed by atoms with Crippen LogP contribution in [-0.4, -0.2) is 29.9 Å². The van der Waals surface area contributed by atoms with Crippen LogP contribution in [0.2, 0.25) is 0 Å². The predicted octanol–water partition coefficient (Wildman–Crippen LogP) is 2.74. The molecule has 0 bridgehead atoms. The summed E-state index contributed by atoms with van der Waals surface area (Å²) in [7, 11) is 1.74. The highest BCUT2D eigenvalue weighted by Crippen LogP contribution is 2.29. The fourth-order valence-corrected chi connectivity index (χ4v) is 2.67. The Labute approximate surface area is 141 Å². The summed E-state index contributed by atoms with van der Waals surface area (Å²) in [4.78, 5) is 26.2. The average Bonchev–Trinajstić information content (AvgIpc) is 2.57. The van der Waals surface area contributed by atoms with Crippen molar-refractivity contribution in [2.75, 3.05) is 12.4 Å². The van der Waals surface area contributed by atoms with Gasteiger partial charge in [0.1, 0.15) is 5.75 Å². The molecule has 2 aromatic carbocycles. The van der Waals surface area contributed by atoms with E-state index < -0.39 is 6.10 Å². The fourth-order valence-electron chi connectivity index (χ4n) is 2.67. The maximum Gasteiger partial charge on any atom is 0.266 e. The number of para-hydroxylation sites is 2. The number of hydrogen-bond acceptors (Lipinski definition) is 3. The van der Waals surface area contributed by atoms with Crippen LogP contribution in [0, 0.1) is 6.92 Å². The molecule has 0 fully saturated rings. The van der Waals surface area contributed by atoms with Crippen LogP contribution in [0.25, 0.3) is 0 Å². The Morgan fingerprint density at radius 2 is 1.88 bits per heavy atom. The molecule has 0 unspecified atom stereocenters. The number of aryl methyl sites for hydroxylation is 1. The lowest BCUT2D eigenvalue weighted by atomic mass is 10.1. The molecule has 0 radical (unpaired) electrons. The van der Waals surface area contributed by atoms with Crippen molar-refractivity contribution in [2.24, 2.45) is 0 Å². The van der Waals surface area contributed by atoms with Crippen molar-refractivity contribution < 1.29 is 14.3 Å². The fraction of sp³-hybridized carbons (Fsp3) is 0.263. The number of hydrogen-bond donors (Lipinski definition) is 1. The second kappa shape index (κ2) is 6.74. The van der Waals surface area contributed by atoms with Gasteiger partial charge in [-0.25, -0.2) is 0 Å². The molecule has 1 N–H and O–H groups in total. The summed E-state index contributed by atoms with van der Waals surface area (Å²) in [5, 5.41) is 2.78. The van der Waals surface area contributed by atoms with Gasteiger partial charge in [0, 0.05) is 13.6 Å². The lowest BCUT2D eigenvalue weighted by molar-refractivity contribution is -0.136. The van der Waals surface area contributed by atoms with E-state index in [2.05, 4.69) is 5.32 Å². The Morgan fingerprint density at radius 1 is 1.17 bits per heavy atom. The SMILES string of the molecule is Cc1ccccc1CN(C)C(=O)C[C@H]1Oc2ccccc2NC1=O. The van der Waals surface area contributed by atoms with Gasteiger partial charge in [-0.05, 0) is 30.2 Å². The van der Waals surface area contributed by atoms with Crippen LogP contribution < -0.4 is 10.1 Å². The summed E-state index contributed by atoms with van der Waals surface area (Å²) in [6, 6.07) is 15.2. The minimum atomic E-state index is -0.799. The second-order valence-electron chi connectivity index (χ2n) is 5.97. The van der Waals surface area contributed by atoms with Gasteiger partial charge in [-0.15, -0.1) is 0 Å². The molecule has 124 valence electrons. The van der Waals surface area contributed by atoms with Crippen molar-refractivity contribution in [1.29, 1.82) is 0 Å². The molecular formula is C19H20N2O3. The van der Waals surface area contributed by atoms with Crippen molar-refractivity contribution in [1.82, 2.24) is 4.90 Å². The minimum Gasteiger partial charge on any atom is -0.478 e. The summed E-state index contributed by atoms with van der Waals surface area (Å²) in [6.07, 6.45) is -0.783. The molecule has 1 aliphatic rings. The van der Waals surface area contributed by atoms with Crippen molar-refractivity contribution in [2.45, 2.75) is 26.0 Å². The van der Waals surface area contributed by atoms with Crippen LogP contribution in [0.15, 0.2) is 48.5 Å². The standard InChI is InChI=1S/C19H20N2O3/c1-13-7-3-4-8-14(13)12-21(2)18(22)11-17-19(23)20-15-9-5-6-10-16(15)24-17/h3-10,17H,11-12H2,1-2H3,(H,20,23)/t17-/m1/s1. The summed E-state index contributed by atoms with van der Waals surface area (Å²) < 4.78 is 5.68. The van der Waals surface area contributed by atoms with Gasteiger partial charge in [0.2, 0.25) is 5.91 Å². The molecular weight excluding hydrogens is 304 g/mol. The zero-order valence-corrected chi connectivity index (χ0v) is 13.8. The van der Waals surface area contributed by atoms with Crippen molar-refractivity contribution in [3.05, 3.63) is 59.7 Å². The van der Waals surface area contributed by atoms with Crippen molar-refractivity contribution >= 4 is 17.5 Å². The number of nitrogens with zero attached hydrogens (tertiary/aromatic N) is 1. The van der Waals surface area contributed by atoms with E-state index in [1.54, 1.807) is 24.1 Å². The molecule has 1 aliphatic heterocycles. The van der Waals surface area contributed by atoms with Crippen LogP contribution in [0.4, 0.5) is 5.69 Å². The monoisotopic (exact) mass is 324 g/mol. The maximum absolute atomic E-state index is 12.5. The van der Waals surface area contributed by atoms with Crippen molar-refractivity contribution in [3.8, 4) is 5.75 Å². The van der Waals surface area contributed by atoms with Gasteiger partial charge in [-0.2, -0.15) is 0 Å². The molecule has 0 saturated heterocycles. The third kappa shape index (κ3) is 3.40. The molecule has 5 heteroatoms. The third-order valence-electron chi connectivity index (χ3n) is 4.16. The molecule has 2 aromatic rings. The Balaban J connectivity index is 1.64. The molecule has 0 spiro atoms. The van der Waals surface area contributed by atoms with Crippen LogP contribution in [0.5, 0.6) is 5.75 Å². The normalized spacial score (nSPS) is 15.9. The Kier molecular flexibility index (Phi) is 4.51. The number of fused-ring (bicyclic) bond motifs is 1. The van der Waals surface area contributed by atoms with Gasteiger partial charge in [-0.3, -0.25) is 9.59 Å². The number of rotatable bonds is 4. The maximum atomic E-state index is 12.5. The average molecular weight is 324 g/mol. The summed E-state index contributed by atoms with van der Waals surface area (Å²) in [5.41, 5.74) is 2.87. The quantitative estimate of drug-likeness (QED) is 0.941. The van der Waals surface area contributed by atoms with E-state index >= 15 is 0 Å². The van der Waals surface area contributed by atoms with E-state index in [9.17, 15) is 9.59 Å². The molecule has 1 heterocycles. The van der Waals surface area contributed by atoms with Crippen molar-refractivity contribution in [3.63, 3.8) is 0 Å². The first-order chi connectivity index (χ1) is 11.5. The van der Waals surface area contributed by atoms with Crippen LogP contribution in [0.1, 0.15) is 17.5 Å². The molecule has 0 aliphatic carbocycles. The lowest BCUT2D eigenvalue weighted by Gasteiger charge is -2.27. The highest BCUT2D eigenvalue weighted by molar-refractivity contribution is 5.99. The van der Waals surface area contributed by atoms with Gasteiger partial charge in [0.25, 0.3) is 5.91 Å². The topological polar surface area (TPSA) is 58.6 Å². The molecule has 0 saturated carbocycles. The van der Waals surface area contributed by atoms with Crippen LogP contribution in [-0.2, 0) is 16.1 Å². The zero-order chi connectivity index (χ0) is 17.1. The van der Waals surface area contributed by atoms with E-state index in [0.29, 0.717) is 18.0 Å². The number of nitrogens with one attached hydrogen (secondary N) is 1. The van der Waals surface area contributed by atoms with Gasteiger partial charge in [-0.1, -0.05) is 36.4 Å². The van der Waals surface area contributed by atoms with Gasteiger partial charge in [0.05, 0.1) is 12.1 Å². The first kappa shape index (κ1) is 16.1. The molecule has 3 rings (SSSR count). The highest BCUT2D eigenvalue weighted by Gasteiger charge is 2.30. The van der Waals surface area contributed by atoms with Gasteiger partial charge < -0.3 is 15.0 Å². The number of ether oxygens (including phenoxy) is 1. The Bertz CT molecular complexity index is 773. The molecule has 2 amide bonds. The van der Waals surface area contributed by atoms with Crippen LogP contribution >= 0.6 is 0 Å². The largest absolute Gasteiger partial charge is 0.478 e. The first-order valence-corrected chi connectivity index (χ1v) is 7.89.